The Morgan fingerprint density at radius 3 is 2.56 bits per heavy atom. The minimum absolute atomic E-state index is 0.614. The van der Waals surface area contributed by atoms with E-state index in [1.165, 1.54) is 5.56 Å². The van der Waals surface area contributed by atoms with Gasteiger partial charge in [-0.05, 0) is 43.9 Å². The van der Waals surface area contributed by atoms with Crippen LogP contribution in [0.1, 0.15) is 5.56 Å². The minimum Gasteiger partial charge on any atom is -0.366 e. The van der Waals surface area contributed by atoms with Gasteiger partial charge in [-0.3, -0.25) is 4.98 Å². The van der Waals surface area contributed by atoms with Gasteiger partial charge >= 0.3 is 0 Å². The Morgan fingerprint density at radius 1 is 1.00 bits per heavy atom. The standard InChI is InChI=1S/C20H23BrN6/c1-27(2)11-10-23-20-25-18(16-6-8-22-9-7-16)13-19(26-20)24-14-15-4-3-5-17(21)12-15/h3-9,12-13H,10-11,14H2,1-2H3,(H2,23,24,25,26). The van der Waals surface area contributed by atoms with Gasteiger partial charge in [0.05, 0.1) is 5.69 Å². The average molecular weight is 427 g/mol. The molecule has 0 fully saturated rings. The fourth-order valence-electron chi connectivity index (χ4n) is 2.52. The molecule has 0 amide bonds. The number of pyridine rings is 1. The lowest BCUT2D eigenvalue weighted by Gasteiger charge is -2.13. The molecule has 2 N–H and O–H groups in total. The zero-order chi connectivity index (χ0) is 19.1. The third kappa shape index (κ3) is 6.01. The van der Waals surface area contributed by atoms with Gasteiger partial charge in [-0.2, -0.15) is 4.98 Å². The highest BCUT2D eigenvalue weighted by atomic mass is 79.9. The Morgan fingerprint density at radius 2 is 1.81 bits per heavy atom. The van der Waals surface area contributed by atoms with Crippen molar-refractivity contribution in [2.75, 3.05) is 37.8 Å². The van der Waals surface area contributed by atoms with Crippen molar-refractivity contribution in [2.45, 2.75) is 6.54 Å². The molecule has 0 spiro atoms. The van der Waals surface area contributed by atoms with Crippen molar-refractivity contribution < 1.29 is 0 Å². The first-order valence-electron chi connectivity index (χ1n) is 8.76. The molecule has 0 aliphatic rings. The van der Waals surface area contributed by atoms with E-state index in [1.54, 1.807) is 12.4 Å². The summed E-state index contributed by atoms with van der Waals surface area (Å²) in [6.45, 7) is 2.37. The second-order valence-corrected chi connectivity index (χ2v) is 7.33. The second kappa shape index (κ2) is 9.43. The third-order valence-electron chi connectivity index (χ3n) is 3.91. The van der Waals surface area contributed by atoms with E-state index in [0.717, 1.165) is 34.6 Å². The van der Waals surface area contributed by atoms with Crippen molar-refractivity contribution in [2.24, 2.45) is 0 Å². The van der Waals surface area contributed by atoms with Crippen LogP contribution >= 0.6 is 15.9 Å². The smallest absolute Gasteiger partial charge is 0.225 e. The summed E-state index contributed by atoms with van der Waals surface area (Å²) in [7, 11) is 4.09. The Hall–Kier alpha value is -2.51. The van der Waals surface area contributed by atoms with Gasteiger partial charge in [0, 0.05) is 48.1 Å². The highest BCUT2D eigenvalue weighted by Gasteiger charge is 2.07. The van der Waals surface area contributed by atoms with E-state index in [1.807, 2.05) is 44.4 Å². The summed E-state index contributed by atoms with van der Waals surface area (Å²) in [6.07, 6.45) is 3.54. The van der Waals surface area contributed by atoms with Crippen LogP contribution in [0.5, 0.6) is 0 Å². The number of hydrogen-bond donors (Lipinski definition) is 2. The van der Waals surface area contributed by atoms with Crippen LogP contribution in [-0.2, 0) is 6.54 Å². The molecule has 3 aromatic rings. The van der Waals surface area contributed by atoms with Gasteiger partial charge in [0.1, 0.15) is 5.82 Å². The lowest BCUT2D eigenvalue weighted by molar-refractivity contribution is 0.425. The maximum atomic E-state index is 4.65. The summed E-state index contributed by atoms with van der Waals surface area (Å²) in [4.78, 5) is 15.5. The number of hydrogen-bond acceptors (Lipinski definition) is 6. The Kier molecular flexibility index (Phi) is 6.73. The van der Waals surface area contributed by atoms with Gasteiger partial charge in [-0.1, -0.05) is 28.1 Å². The normalized spacial score (nSPS) is 10.8. The van der Waals surface area contributed by atoms with Crippen molar-refractivity contribution >= 4 is 27.7 Å². The van der Waals surface area contributed by atoms with Crippen molar-refractivity contribution in [3.8, 4) is 11.3 Å². The SMILES string of the molecule is CN(C)CCNc1nc(NCc2cccc(Br)c2)cc(-c2ccncc2)n1. The number of likely N-dealkylation sites (N-methyl/N-ethyl adjacent to an activating group) is 1. The largest absolute Gasteiger partial charge is 0.366 e. The fraction of sp³-hybridized carbons (Fsp3) is 0.250. The molecule has 0 bridgehead atoms. The molecule has 27 heavy (non-hydrogen) atoms. The van der Waals surface area contributed by atoms with Gasteiger partial charge in [-0.15, -0.1) is 0 Å². The monoisotopic (exact) mass is 426 g/mol. The molecule has 2 heterocycles. The first kappa shape index (κ1) is 19.3. The molecule has 3 rings (SSSR count). The van der Waals surface area contributed by atoms with Gasteiger partial charge in [0.25, 0.3) is 0 Å². The molecule has 6 nitrogen and oxygen atoms in total. The number of nitrogens with one attached hydrogen (secondary N) is 2. The highest BCUT2D eigenvalue weighted by molar-refractivity contribution is 9.10. The zero-order valence-corrected chi connectivity index (χ0v) is 17.1. The summed E-state index contributed by atoms with van der Waals surface area (Å²) in [6, 6.07) is 14.1. The number of anilines is 2. The summed E-state index contributed by atoms with van der Waals surface area (Å²) in [5.41, 5.74) is 3.04. The number of halogens is 1. The van der Waals surface area contributed by atoms with E-state index < -0.39 is 0 Å². The maximum absolute atomic E-state index is 4.65. The molecule has 0 saturated carbocycles. The average Bonchev–Trinajstić information content (AvgIpc) is 2.67. The second-order valence-electron chi connectivity index (χ2n) is 6.41. The Labute approximate surface area is 168 Å². The number of nitrogens with zero attached hydrogens (tertiary/aromatic N) is 4. The van der Waals surface area contributed by atoms with E-state index >= 15 is 0 Å². The van der Waals surface area contributed by atoms with E-state index in [4.69, 9.17) is 0 Å². The number of benzene rings is 1. The van der Waals surface area contributed by atoms with Gasteiger partial charge in [0.15, 0.2) is 0 Å². The van der Waals surface area contributed by atoms with Crippen LogP contribution in [0, 0.1) is 0 Å². The summed E-state index contributed by atoms with van der Waals surface area (Å²) < 4.78 is 1.06. The van der Waals surface area contributed by atoms with Crippen LogP contribution in [0.15, 0.2) is 59.3 Å². The van der Waals surface area contributed by atoms with Crippen LogP contribution in [-0.4, -0.2) is 47.0 Å². The predicted molar refractivity (Wildman–Crippen MR) is 114 cm³/mol. The predicted octanol–water partition coefficient (Wildman–Crippen LogP) is 3.89. The van der Waals surface area contributed by atoms with Crippen LogP contribution < -0.4 is 10.6 Å². The van der Waals surface area contributed by atoms with Crippen molar-refractivity contribution in [1.29, 1.82) is 0 Å². The number of aromatic nitrogens is 3. The topological polar surface area (TPSA) is 66.0 Å². The van der Waals surface area contributed by atoms with Crippen LogP contribution in [0.3, 0.4) is 0 Å². The van der Waals surface area contributed by atoms with E-state index in [0.29, 0.717) is 12.5 Å². The van der Waals surface area contributed by atoms with Gasteiger partial charge in [0.2, 0.25) is 5.95 Å². The van der Waals surface area contributed by atoms with Crippen LogP contribution in [0.4, 0.5) is 11.8 Å². The Bertz CT molecular complexity index is 869. The lowest BCUT2D eigenvalue weighted by Crippen LogP contribution is -2.21. The minimum atomic E-state index is 0.614. The molecular weight excluding hydrogens is 404 g/mol. The van der Waals surface area contributed by atoms with Gasteiger partial charge in [-0.25, -0.2) is 4.98 Å². The molecule has 7 heteroatoms. The molecule has 0 aliphatic carbocycles. The molecule has 2 aromatic heterocycles. The Balaban J connectivity index is 1.80. The molecule has 0 saturated heterocycles. The molecule has 0 radical (unpaired) electrons. The molecular formula is C20H23BrN6. The zero-order valence-electron chi connectivity index (χ0n) is 15.5. The molecule has 1 aromatic carbocycles. The van der Waals surface area contributed by atoms with E-state index in [2.05, 4.69) is 58.5 Å². The highest BCUT2D eigenvalue weighted by Crippen LogP contribution is 2.21. The van der Waals surface area contributed by atoms with Crippen LogP contribution in [0.25, 0.3) is 11.3 Å². The molecule has 0 atom stereocenters. The molecule has 0 aliphatic heterocycles. The van der Waals surface area contributed by atoms with E-state index in [-0.39, 0.29) is 0 Å². The van der Waals surface area contributed by atoms with Crippen molar-refractivity contribution in [3.05, 3.63) is 64.9 Å². The van der Waals surface area contributed by atoms with Crippen molar-refractivity contribution in [1.82, 2.24) is 19.9 Å². The first-order valence-corrected chi connectivity index (χ1v) is 9.56. The number of rotatable bonds is 8. The molecule has 0 unspecified atom stereocenters. The third-order valence-corrected chi connectivity index (χ3v) is 4.40. The molecule has 140 valence electrons. The summed E-state index contributed by atoms with van der Waals surface area (Å²) >= 11 is 3.51. The quantitative estimate of drug-likeness (QED) is 0.569. The van der Waals surface area contributed by atoms with Crippen molar-refractivity contribution in [3.63, 3.8) is 0 Å². The lowest BCUT2D eigenvalue weighted by atomic mass is 10.2. The van der Waals surface area contributed by atoms with E-state index in [9.17, 15) is 0 Å². The fourth-order valence-corrected chi connectivity index (χ4v) is 2.96. The first-order chi connectivity index (χ1) is 13.1. The van der Waals surface area contributed by atoms with Gasteiger partial charge < -0.3 is 15.5 Å². The summed E-state index contributed by atoms with van der Waals surface area (Å²) in [5.74, 6) is 1.40. The maximum Gasteiger partial charge on any atom is 0.225 e. The van der Waals surface area contributed by atoms with Crippen LogP contribution in [0.2, 0.25) is 0 Å². The summed E-state index contributed by atoms with van der Waals surface area (Å²) in [5, 5.41) is 6.71.